The molecule has 0 amide bonds. The van der Waals surface area contributed by atoms with Crippen LogP contribution in [-0.4, -0.2) is 27.8 Å². The molecule has 2 atom stereocenters. The molecule has 0 saturated heterocycles. The fourth-order valence-electron chi connectivity index (χ4n) is 2.31. The largest absolute Gasteiger partial charge is 0.313 e. The lowest BCUT2D eigenvalue weighted by Gasteiger charge is -2.31. The third-order valence-corrected chi connectivity index (χ3v) is 5.38. The van der Waals surface area contributed by atoms with Crippen molar-refractivity contribution >= 4 is 10.8 Å². The summed E-state index contributed by atoms with van der Waals surface area (Å²) in [6.07, 6.45) is 4.90. The Kier molecular flexibility index (Phi) is 5.45. The average Bonchev–Trinajstić information content (AvgIpc) is 2.68. The maximum Gasteiger partial charge on any atom is 0.0396 e. The lowest BCUT2D eigenvalue weighted by atomic mass is 9.88. The number of hydrogen-bond acceptors (Lipinski definition) is 2. The molecule has 2 unspecified atom stereocenters. The molecule has 1 rings (SSSR count). The second-order valence-electron chi connectivity index (χ2n) is 5.93. The first-order valence-corrected chi connectivity index (χ1v) is 7.94. The topological polar surface area (TPSA) is 29.1 Å². The van der Waals surface area contributed by atoms with Crippen molar-refractivity contribution < 1.29 is 4.21 Å². The van der Waals surface area contributed by atoms with Gasteiger partial charge in [-0.1, -0.05) is 40.5 Å². The van der Waals surface area contributed by atoms with E-state index in [1.165, 1.54) is 25.7 Å². The second kappa shape index (κ2) is 6.15. The summed E-state index contributed by atoms with van der Waals surface area (Å²) in [6, 6.07) is 0.374. The highest BCUT2D eigenvalue weighted by Crippen LogP contribution is 2.26. The minimum atomic E-state index is -0.636. The van der Waals surface area contributed by atoms with Gasteiger partial charge in [0.1, 0.15) is 0 Å². The van der Waals surface area contributed by atoms with E-state index in [4.69, 9.17) is 0 Å². The maximum atomic E-state index is 12.2. The smallest absolute Gasteiger partial charge is 0.0396 e. The zero-order valence-corrected chi connectivity index (χ0v) is 12.0. The van der Waals surface area contributed by atoms with Gasteiger partial charge in [-0.15, -0.1) is 0 Å². The number of hydrogen-bond donors (Lipinski definition) is 1. The molecule has 1 aliphatic rings. The summed E-state index contributed by atoms with van der Waals surface area (Å²) in [5.41, 5.74) is 0.199. The predicted octanol–water partition coefficient (Wildman–Crippen LogP) is 2.70. The molecule has 0 radical (unpaired) electrons. The number of rotatable bonds is 5. The molecule has 1 saturated carbocycles. The summed E-state index contributed by atoms with van der Waals surface area (Å²) in [5, 5.41) is 3.96. The highest BCUT2D eigenvalue weighted by molar-refractivity contribution is 7.85. The molecule has 0 aromatic rings. The van der Waals surface area contributed by atoms with E-state index < -0.39 is 10.8 Å². The Morgan fingerprint density at radius 2 is 1.88 bits per heavy atom. The first-order chi connectivity index (χ1) is 7.45. The summed E-state index contributed by atoms with van der Waals surface area (Å²) >= 11 is 0. The molecule has 96 valence electrons. The van der Waals surface area contributed by atoms with E-state index in [9.17, 15) is 4.21 Å². The van der Waals surface area contributed by atoms with Crippen molar-refractivity contribution in [3.05, 3.63) is 0 Å². The van der Waals surface area contributed by atoms with Gasteiger partial charge in [0, 0.05) is 27.8 Å². The monoisotopic (exact) mass is 245 g/mol. The molecule has 3 heteroatoms. The molecule has 0 bridgehead atoms. The van der Waals surface area contributed by atoms with E-state index in [1.807, 2.05) is 0 Å². The van der Waals surface area contributed by atoms with Gasteiger partial charge < -0.3 is 5.32 Å². The van der Waals surface area contributed by atoms with Crippen molar-refractivity contribution in [3.63, 3.8) is 0 Å². The second-order valence-corrected chi connectivity index (χ2v) is 7.69. The van der Waals surface area contributed by atoms with E-state index in [1.54, 1.807) is 0 Å². The van der Waals surface area contributed by atoms with E-state index in [-0.39, 0.29) is 5.41 Å². The van der Waals surface area contributed by atoms with Gasteiger partial charge in [-0.2, -0.15) is 0 Å². The van der Waals surface area contributed by atoms with Crippen LogP contribution in [0.15, 0.2) is 0 Å². The quantitative estimate of drug-likeness (QED) is 0.807. The molecular weight excluding hydrogens is 218 g/mol. The van der Waals surface area contributed by atoms with Crippen LogP contribution in [-0.2, 0) is 10.8 Å². The van der Waals surface area contributed by atoms with Crippen LogP contribution in [0, 0.1) is 5.41 Å². The van der Waals surface area contributed by atoms with E-state index in [2.05, 4.69) is 33.0 Å². The number of nitrogens with one attached hydrogen (secondary N) is 1. The zero-order chi connectivity index (χ0) is 12.2. The Labute approximate surface area is 103 Å². The summed E-state index contributed by atoms with van der Waals surface area (Å²) < 4.78 is 12.2. The van der Waals surface area contributed by atoms with Crippen LogP contribution in [0.2, 0.25) is 0 Å². The molecule has 0 heterocycles. The van der Waals surface area contributed by atoms with Crippen LogP contribution in [0.5, 0.6) is 0 Å². The van der Waals surface area contributed by atoms with Crippen molar-refractivity contribution in [2.45, 2.75) is 64.7 Å². The molecule has 0 aliphatic heterocycles. The third-order valence-electron chi connectivity index (χ3n) is 3.50. The average molecular weight is 245 g/mol. The molecule has 16 heavy (non-hydrogen) atoms. The van der Waals surface area contributed by atoms with Gasteiger partial charge in [-0.3, -0.25) is 4.21 Å². The third kappa shape index (κ3) is 4.17. The fourth-order valence-corrected chi connectivity index (χ4v) is 4.39. The van der Waals surface area contributed by atoms with E-state index in [0.29, 0.717) is 11.3 Å². The zero-order valence-electron chi connectivity index (χ0n) is 11.2. The molecule has 1 aliphatic carbocycles. The Bertz CT molecular complexity index is 229. The lowest BCUT2D eigenvalue weighted by Crippen LogP contribution is -2.45. The van der Waals surface area contributed by atoms with Gasteiger partial charge >= 0.3 is 0 Å². The molecule has 2 nitrogen and oxygen atoms in total. The summed E-state index contributed by atoms with van der Waals surface area (Å²) in [7, 11) is -0.636. The molecule has 1 fully saturated rings. The molecule has 0 aromatic carbocycles. The Hall–Kier alpha value is 0.110. The Morgan fingerprint density at radius 3 is 2.31 bits per heavy atom. The minimum Gasteiger partial charge on any atom is -0.313 e. The van der Waals surface area contributed by atoms with Crippen LogP contribution >= 0.6 is 0 Å². The van der Waals surface area contributed by atoms with Crippen molar-refractivity contribution in [1.29, 1.82) is 0 Å². The van der Waals surface area contributed by atoms with Crippen LogP contribution in [0.3, 0.4) is 0 Å². The van der Waals surface area contributed by atoms with Gasteiger partial charge in [-0.25, -0.2) is 0 Å². The summed E-state index contributed by atoms with van der Waals surface area (Å²) in [6.45, 7) is 9.77. The van der Waals surface area contributed by atoms with Gasteiger partial charge in [0.05, 0.1) is 0 Å². The highest BCUT2D eigenvalue weighted by Gasteiger charge is 2.29. The van der Waals surface area contributed by atoms with E-state index in [0.717, 1.165) is 12.3 Å². The maximum absolute atomic E-state index is 12.2. The van der Waals surface area contributed by atoms with Gasteiger partial charge in [0.25, 0.3) is 0 Å². The van der Waals surface area contributed by atoms with Gasteiger partial charge in [0.2, 0.25) is 0 Å². The van der Waals surface area contributed by atoms with Gasteiger partial charge in [0.15, 0.2) is 0 Å². The van der Waals surface area contributed by atoms with Crippen LogP contribution in [0.25, 0.3) is 0 Å². The van der Waals surface area contributed by atoms with Crippen molar-refractivity contribution in [2.24, 2.45) is 5.41 Å². The highest BCUT2D eigenvalue weighted by atomic mass is 32.2. The molecular formula is C13H27NOS. The Balaban J connectivity index is 2.50. The Morgan fingerprint density at radius 1 is 1.31 bits per heavy atom. The molecule has 0 spiro atoms. The van der Waals surface area contributed by atoms with Crippen molar-refractivity contribution in [1.82, 2.24) is 5.32 Å². The summed E-state index contributed by atoms with van der Waals surface area (Å²) in [4.78, 5) is 0. The minimum absolute atomic E-state index is 0.199. The van der Waals surface area contributed by atoms with Gasteiger partial charge in [-0.05, 0) is 24.8 Å². The fraction of sp³-hybridized carbons (Fsp3) is 1.00. The molecule has 1 N–H and O–H groups in total. The van der Waals surface area contributed by atoms with E-state index >= 15 is 0 Å². The normalized spacial score (nSPS) is 22.2. The molecule has 0 aromatic heterocycles. The summed E-state index contributed by atoms with van der Waals surface area (Å²) in [5.74, 6) is 0.821. The van der Waals surface area contributed by atoms with Crippen LogP contribution in [0.4, 0.5) is 0 Å². The first-order valence-electron chi connectivity index (χ1n) is 6.55. The first kappa shape index (κ1) is 14.2. The van der Waals surface area contributed by atoms with Crippen LogP contribution in [0.1, 0.15) is 53.4 Å². The van der Waals surface area contributed by atoms with Crippen molar-refractivity contribution in [2.75, 3.05) is 12.3 Å². The predicted molar refractivity (Wildman–Crippen MR) is 72.2 cm³/mol. The van der Waals surface area contributed by atoms with Crippen LogP contribution < -0.4 is 5.32 Å². The lowest BCUT2D eigenvalue weighted by molar-refractivity contribution is 0.293. The SMILES string of the molecule is CCNC(CS(=O)C1CCCC1)C(C)(C)C. The van der Waals surface area contributed by atoms with Crippen molar-refractivity contribution in [3.8, 4) is 0 Å². The standard InChI is InChI=1S/C13H27NOS/c1-5-14-12(13(2,3)4)10-16(15)11-8-6-7-9-11/h11-12,14H,5-10H2,1-4H3.